The van der Waals surface area contributed by atoms with Crippen molar-refractivity contribution < 1.29 is 0 Å². The van der Waals surface area contributed by atoms with Gasteiger partial charge in [-0.1, -0.05) is 13.8 Å². The zero-order valence-corrected chi connectivity index (χ0v) is 7.76. The normalized spacial score (nSPS) is 8.25. The molecule has 1 heterocycles. The average Bonchev–Trinajstić information content (AvgIpc) is 2.08. The van der Waals surface area contributed by atoms with Crippen molar-refractivity contribution in [1.29, 1.82) is 5.41 Å². The first-order chi connectivity index (χ1) is 5.72. The van der Waals surface area contributed by atoms with Crippen molar-refractivity contribution in [3.63, 3.8) is 0 Å². The van der Waals surface area contributed by atoms with E-state index in [1.165, 1.54) is 0 Å². The molecule has 0 saturated heterocycles. The maximum absolute atomic E-state index is 7.26. The molecule has 0 fully saturated rings. The third-order valence-electron chi connectivity index (χ3n) is 1.24. The molecule has 66 valence electrons. The van der Waals surface area contributed by atoms with Crippen molar-refractivity contribution in [1.82, 2.24) is 4.98 Å². The highest BCUT2D eigenvalue weighted by Crippen LogP contribution is 2.06. The molecule has 3 nitrogen and oxygen atoms in total. The summed E-state index contributed by atoms with van der Waals surface area (Å²) in [5.74, 6) is 0.426. The van der Waals surface area contributed by atoms with Crippen LogP contribution in [0, 0.1) is 5.41 Å². The second-order valence-electron chi connectivity index (χ2n) is 2.06. The van der Waals surface area contributed by atoms with Crippen LogP contribution < -0.4 is 5.73 Å². The second kappa shape index (κ2) is 5.29. The summed E-state index contributed by atoms with van der Waals surface area (Å²) < 4.78 is 0. The van der Waals surface area contributed by atoms with Crippen LogP contribution in [0.2, 0.25) is 0 Å². The molecule has 3 heteroatoms. The van der Waals surface area contributed by atoms with E-state index in [0.29, 0.717) is 17.1 Å². The van der Waals surface area contributed by atoms with E-state index < -0.39 is 0 Å². The number of anilines is 1. The Morgan fingerprint density at radius 2 is 2.08 bits per heavy atom. The number of nitrogens with zero attached hydrogens (tertiary/aromatic N) is 1. The Kier molecular flexibility index (Phi) is 4.69. The van der Waals surface area contributed by atoms with Crippen LogP contribution in [0.5, 0.6) is 0 Å². The van der Waals surface area contributed by atoms with Crippen molar-refractivity contribution in [3.8, 4) is 0 Å². The fourth-order valence-corrected chi connectivity index (χ4v) is 0.735. The van der Waals surface area contributed by atoms with Crippen LogP contribution in [0.1, 0.15) is 26.3 Å². The van der Waals surface area contributed by atoms with Crippen LogP contribution in [0.3, 0.4) is 0 Å². The maximum atomic E-state index is 7.26. The van der Waals surface area contributed by atoms with Gasteiger partial charge < -0.3 is 11.1 Å². The first-order valence-corrected chi connectivity index (χ1v) is 3.98. The molecule has 0 radical (unpaired) electrons. The lowest BCUT2D eigenvalue weighted by atomic mass is 10.2. The molecule has 1 rings (SSSR count). The van der Waals surface area contributed by atoms with Gasteiger partial charge in [-0.2, -0.15) is 0 Å². The molecule has 0 aromatic carbocycles. The Balaban J connectivity index is 0.000000561. The van der Waals surface area contributed by atoms with Crippen LogP contribution in [0.25, 0.3) is 0 Å². The molecule has 0 bridgehead atoms. The molecule has 0 amide bonds. The van der Waals surface area contributed by atoms with Gasteiger partial charge in [-0.05, 0) is 19.1 Å². The van der Waals surface area contributed by atoms with Crippen LogP contribution in [0.15, 0.2) is 18.3 Å². The highest BCUT2D eigenvalue weighted by molar-refractivity contribution is 5.99. The van der Waals surface area contributed by atoms with Crippen molar-refractivity contribution in [2.24, 2.45) is 0 Å². The minimum Gasteiger partial charge on any atom is -0.383 e. The summed E-state index contributed by atoms with van der Waals surface area (Å²) >= 11 is 0. The van der Waals surface area contributed by atoms with E-state index in [-0.39, 0.29) is 0 Å². The zero-order chi connectivity index (χ0) is 9.56. The van der Waals surface area contributed by atoms with E-state index in [1.54, 1.807) is 25.3 Å². The summed E-state index contributed by atoms with van der Waals surface area (Å²) in [4.78, 5) is 3.84. The van der Waals surface area contributed by atoms with Crippen molar-refractivity contribution in [2.45, 2.75) is 20.8 Å². The van der Waals surface area contributed by atoms with Gasteiger partial charge in [-0.3, -0.25) is 0 Å². The van der Waals surface area contributed by atoms with E-state index in [9.17, 15) is 0 Å². The second-order valence-corrected chi connectivity index (χ2v) is 2.06. The van der Waals surface area contributed by atoms with Gasteiger partial charge in [-0.15, -0.1) is 0 Å². The molecular formula is C9H15N3. The van der Waals surface area contributed by atoms with Crippen molar-refractivity contribution in [2.75, 3.05) is 5.73 Å². The number of pyridine rings is 1. The topological polar surface area (TPSA) is 62.8 Å². The van der Waals surface area contributed by atoms with Crippen LogP contribution in [-0.4, -0.2) is 10.7 Å². The number of aromatic nitrogens is 1. The SMILES string of the molecule is CC.CC(=N)c1cccnc1N. The van der Waals surface area contributed by atoms with Crippen molar-refractivity contribution in [3.05, 3.63) is 23.9 Å². The van der Waals surface area contributed by atoms with Gasteiger partial charge in [0, 0.05) is 17.5 Å². The Bertz CT molecular complexity index is 256. The van der Waals surface area contributed by atoms with Gasteiger partial charge in [-0.25, -0.2) is 4.98 Å². The van der Waals surface area contributed by atoms with E-state index in [4.69, 9.17) is 11.1 Å². The Hall–Kier alpha value is -1.38. The number of rotatable bonds is 1. The average molecular weight is 165 g/mol. The molecule has 0 aliphatic heterocycles. The van der Waals surface area contributed by atoms with E-state index in [1.807, 2.05) is 13.8 Å². The Morgan fingerprint density at radius 3 is 2.42 bits per heavy atom. The number of nitrogens with one attached hydrogen (secondary N) is 1. The molecule has 0 aliphatic carbocycles. The highest BCUT2D eigenvalue weighted by Gasteiger charge is 1.98. The summed E-state index contributed by atoms with van der Waals surface area (Å²) in [5.41, 5.74) is 6.63. The Labute approximate surface area is 73.1 Å². The molecule has 0 saturated carbocycles. The third kappa shape index (κ3) is 2.70. The standard InChI is InChI=1S/C7H9N3.C2H6/c1-5(8)6-3-2-4-10-7(6)9;1-2/h2-4,8H,1H3,(H2,9,10);1-2H3. The molecule has 0 atom stereocenters. The fourth-order valence-electron chi connectivity index (χ4n) is 0.735. The molecule has 0 spiro atoms. The number of hydrogen-bond donors (Lipinski definition) is 2. The fraction of sp³-hybridized carbons (Fsp3) is 0.333. The molecule has 0 unspecified atom stereocenters. The minimum absolute atomic E-state index is 0.426. The van der Waals surface area contributed by atoms with Gasteiger partial charge in [0.25, 0.3) is 0 Å². The number of hydrogen-bond acceptors (Lipinski definition) is 3. The summed E-state index contributed by atoms with van der Waals surface area (Å²) in [6.07, 6.45) is 1.61. The highest BCUT2D eigenvalue weighted by atomic mass is 14.8. The van der Waals surface area contributed by atoms with E-state index >= 15 is 0 Å². The lowest BCUT2D eigenvalue weighted by Gasteiger charge is -1.99. The predicted molar refractivity (Wildman–Crippen MR) is 52.5 cm³/mol. The molecule has 0 aliphatic rings. The summed E-state index contributed by atoms with van der Waals surface area (Å²) in [7, 11) is 0. The summed E-state index contributed by atoms with van der Waals surface area (Å²) in [6, 6.07) is 3.55. The molecule has 12 heavy (non-hydrogen) atoms. The van der Waals surface area contributed by atoms with E-state index in [0.717, 1.165) is 0 Å². The summed E-state index contributed by atoms with van der Waals surface area (Å²) in [5, 5.41) is 7.26. The van der Waals surface area contributed by atoms with Crippen LogP contribution in [0.4, 0.5) is 5.82 Å². The minimum atomic E-state index is 0.426. The molecule has 3 N–H and O–H groups in total. The first-order valence-electron chi connectivity index (χ1n) is 3.98. The van der Waals surface area contributed by atoms with Gasteiger partial charge in [0.05, 0.1) is 0 Å². The quantitative estimate of drug-likeness (QED) is 0.626. The lowest BCUT2D eigenvalue weighted by Crippen LogP contribution is -2.00. The number of nitrogens with two attached hydrogens (primary N) is 1. The molecule has 1 aromatic rings. The van der Waals surface area contributed by atoms with Crippen LogP contribution in [-0.2, 0) is 0 Å². The van der Waals surface area contributed by atoms with Crippen LogP contribution >= 0.6 is 0 Å². The van der Waals surface area contributed by atoms with Gasteiger partial charge in [0.1, 0.15) is 5.82 Å². The largest absolute Gasteiger partial charge is 0.383 e. The number of nitrogen functional groups attached to an aromatic ring is 1. The van der Waals surface area contributed by atoms with Gasteiger partial charge in [0.15, 0.2) is 0 Å². The Morgan fingerprint density at radius 1 is 1.50 bits per heavy atom. The van der Waals surface area contributed by atoms with Gasteiger partial charge >= 0.3 is 0 Å². The predicted octanol–water partition coefficient (Wildman–Crippen LogP) is 2.08. The zero-order valence-electron chi connectivity index (χ0n) is 7.76. The van der Waals surface area contributed by atoms with Crippen molar-refractivity contribution >= 4 is 11.5 Å². The monoisotopic (exact) mass is 165 g/mol. The van der Waals surface area contributed by atoms with E-state index in [2.05, 4.69) is 4.98 Å². The molecule has 1 aromatic heterocycles. The smallest absolute Gasteiger partial charge is 0.132 e. The van der Waals surface area contributed by atoms with Gasteiger partial charge in [0.2, 0.25) is 0 Å². The summed E-state index contributed by atoms with van der Waals surface area (Å²) in [6.45, 7) is 5.69. The molecular weight excluding hydrogens is 150 g/mol. The third-order valence-corrected chi connectivity index (χ3v) is 1.24. The first kappa shape index (κ1) is 10.6. The maximum Gasteiger partial charge on any atom is 0.132 e. The lowest BCUT2D eigenvalue weighted by molar-refractivity contribution is 1.31.